The van der Waals surface area contributed by atoms with Crippen molar-refractivity contribution in [1.82, 2.24) is 4.98 Å². The van der Waals surface area contributed by atoms with Gasteiger partial charge in [0, 0.05) is 18.8 Å². The summed E-state index contributed by atoms with van der Waals surface area (Å²) in [6, 6.07) is 3.60. The molecule has 0 saturated heterocycles. The number of nitrogens with zero attached hydrogens (tertiary/aromatic N) is 1. The van der Waals surface area contributed by atoms with Gasteiger partial charge in [0.15, 0.2) is 0 Å². The number of aromatic nitrogens is 1. The molecule has 4 N–H and O–H groups in total. The zero-order chi connectivity index (χ0) is 10.6. The van der Waals surface area contributed by atoms with Crippen LogP contribution in [0.1, 0.15) is 12.5 Å². The monoisotopic (exact) mass is 195 g/mol. The van der Waals surface area contributed by atoms with Gasteiger partial charge >= 0.3 is 0 Å². The van der Waals surface area contributed by atoms with E-state index in [9.17, 15) is 0 Å². The lowest BCUT2D eigenvalue weighted by atomic mass is 10.2. The minimum Gasteiger partial charge on any atom is -0.392 e. The Bertz CT molecular complexity index is 271. The van der Waals surface area contributed by atoms with E-state index in [2.05, 4.69) is 10.3 Å². The Morgan fingerprint density at radius 2 is 2.29 bits per heavy atom. The largest absolute Gasteiger partial charge is 0.392 e. The van der Waals surface area contributed by atoms with Gasteiger partial charge in [-0.15, -0.1) is 0 Å². The van der Waals surface area contributed by atoms with Crippen molar-refractivity contribution >= 4 is 5.82 Å². The van der Waals surface area contributed by atoms with Crippen molar-refractivity contribution < 1.29 is 5.11 Å². The third-order valence-electron chi connectivity index (χ3n) is 2.05. The van der Waals surface area contributed by atoms with E-state index in [0.717, 1.165) is 11.4 Å². The number of rotatable bonds is 4. The van der Waals surface area contributed by atoms with E-state index in [0.29, 0.717) is 6.54 Å². The average Bonchev–Trinajstić information content (AvgIpc) is 2.16. The summed E-state index contributed by atoms with van der Waals surface area (Å²) in [7, 11) is 0. The highest BCUT2D eigenvalue weighted by molar-refractivity contribution is 5.35. The van der Waals surface area contributed by atoms with Gasteiger partial charge in [-0.2, -0.15) is 0 Å². The number of anilines is 1. The molecule has 0 spiro atoms. The fraction of sp³-hybridized carbons (Fsp3) is 0.500. The summed E-state index contributed by atoms with van der Waals surface area (Å²) < 4.78 is 0. The number of pyridine rings is 1. The first kappa shape index (κ1) is 10.9. The number of nitrogens with one attached hydrogen (secondary N) is 1. The molecule has 0 saturated carbocycles. The van der Waals surface area contributed by atoms with Crippen molar-refractivity contribution in [2.24, 2.45) is 5.73 Å². The van der Waals surface area contributed by atoms with Crippen molar-refractivity contribution in [3.8, 4) is 0 Å². The van der Waals surface area contributed by atoms with Crippen molar-refractivity contribution in [3.05, 3.63) is 23.9 Å². The number of hydrogen-bond donors (Lipinski definition) is 3. The number of hydrogen-bond acceptors (Lipinski definition) is 4. The SMILES string of the molecule is Cc1ccc(NCC(N)C(C)O)nc1. The highest BCUT2D eigenvalue weighted by Crippen LogP contribution is 2.03. The van der Waals surface area contributed by atoms with Gasteiger partial charge in [0.25, 0.3) is 0 Å². The van der Waals surface area contributed by atoms with E-state index >= 15 is 0 Å². The molecular formula is C10H17N3O. The van der Waals surface area contributed by atoms with Gasteiger partial charge in [-0.3, -0.25) is 0 Å². The summed E-state index contributed by atoms with van der Waals surface area (Å²) >= 11 is 0. The lowest BCUT2D eigenvalue weighted by Crippen LogP contribution is -2.38. The first-order chi connectivity index (χ1) is 6.59. The molecule has 0 bridgehead atoms. The second-order valence-electron chi connectivity index (χ2n) is 3.51. The van der Waals surface area contributed by atoms with E-state index in [1.54, 1.807) is 13.1 Å². The van der Waals surface area contributed by atoms with Gasteiger partial charge in [0.05, 0.1) is 6.10 Å². The van der Waals surface area contributed by atoms with Crippen molar-refractivity contribution in [1.29, 1.82) is 0 Å². The molecular weight excluding hydrogens is 178 g/mol. The molecule has 0 radical (unpaired) electrons. The summed E-state index contributed by atoms with van der Waals surface area (Å²) in [5, 5.41) is 12.2. The number of nitrogens with two attached hydrogens (primary N) is 1. The molecule has 0 aliphatic heterocycles. The topological polar surface area (TPSA) is 71.2 Å². The van der Waals surface area contributed by atoms with Crippen molar-refractivity contribution in [2.45, 2.75) is 26.0 Å². The number of aliphatic hydroxyl groups excluding tert-OH is 1. The van der Waals surface area contributed by atoms with Gasteiger partial charge in [0.1, 0.15) is 5.82 Å². The predicted molar refractivity (Wildman–Crippen MR) is 57.1 cm³/mol. The fourth-order valence-electron chi connectivity index (χ4n) is 0.965. The van der Waals surface area contributed by atoms with Gasteiger partial charge in [-0.05, 0) is 25.5 Å². The first-order valence-corrected chi connectivity index (χ1v) is 4.70. The smallest absolute Gasteiger partial charge is 0.125 e. The Hall–Kier alpha value is -1.13. The minimum absolute atomic E-state index is 0.266. The van der Waals surface area contributed by atoms with Crippen LogP contribution in [0.3, 0.4) is 0 Å². The van der Waals surface area contributed by atoms with Crippen LogP contribution < -0.4 is 11.1 Å². The quantitative estimate of drug-likeness (QED) is 0.654. The van der Waals surface area contributed by atoms with Crippen LogP contribution >= 0.6 is 0 Å². The summed E-state index contributed by atoms with van der Waals surface area (Å²) in [5.41, 5.74) is 6.77. The maximum atomic E-state index is 9.16. The molecule has 78 valence electrons. The van der Waals surface area contributed by atoms with Gasteiger partial charge in [0.2, 0.25) is 0 Å². The molecule has 4 nitrogen and oxygen atoms in total. The average molecular weight is 195 g/mol. The van der Waals surface area contributed by atoms with Crippen molar-refractivity contribution in [2.75, 3.05) is 11.9 Å². The Morgan fingerprint density at radius 3 is 2.79 bits per heavy atom. The van der Waals surface area contributed by atoms with Crippen LogP contribution in [0.4, 0.5) is 5.82 Å². The lowest BCUT2D eigenvalue weighted by molar-refractivity contribution is 0.168. The zero-order valence-corrected chi connectivity index (χ0v) is 8.57. The standard InChI is InChI=1S/C10H17N3O/c1-7-3-4-10(12-5-7)13-6-9(11)8(2)14/h3-5,8-9,14H,6,11H2,1-2H3,(H,12,13). The molecule has 0 aliphatic rings. The van der Waals surface area contributed by atoms with E-state index in [1.807, 2.05) is 19.1 Å². The summed E-state index contributed by atoms with van der Waals surface area (Å²) in [6.07, 6.45) is 1.28. The van der Waals surface area contributed by atoms with Gasteiger partial charge < -0.3 is 16.2 Å². The summed E-state index contributed by atoms with van der Waals surface area (Å²) in [4.78, 5) is 4.16. The Balaban J connectivity index is 2.42. The summed E-state index contributed by atoms with van der Waals surface area (Å²) in [5.74, 6) is 0.784. The van der Waals surface area contributed by atoms with Gasteiger partial charge in [-0.25, -0.2) is 4.98 Å². The lowest BCUT2D eigenvalue weighted by Gasteiger charge is -2.15. The summed E-state index contributed by atoms with van der Waals surface area (Å²) in [6.45, 7) is 4.18. The molecule has 1 aromatic rings. The third-order valence-corrected chi connectivity index (χ3v) is 2.05. The van der Waals surface area contributed by atoms with E-state index in [-0.39, 0.29) is 6.04 Å². The third kappa shape index (κ3) is 3.32. The van der Waals surface area contributed by atoms with Crippen LogP contribution in [0, 0.1) is 6.92 Å². The maximum Gasteiger partial charge on any atom is 0.125 e. The second-order valence-corrected chi connectivity index (χ2v) is 3.51. The van der Waals surface area contributed by atoms with Crippen molar-refractivity contribution in [3.63, 3.8) is 0 Å². The zero-order valence-electron chi connectivity index (χ0n) is 8.57. The van der Waals surface area contributed by atoms with Crippen LogP contribution in [-0.4, -0.2) is 28.8 Å². The van der Waals surface area contributed by atoms with Gasteiger partial charge in [-0.1, -0.05) is 6.07 Å². The molecule has 4 heteroatoms. The molecule has 2 atom stereocenters. The second kappa shape index (κ2) is 4.93. The molecule has 14 heavy (non-hydrogen) atoms. The van der Waals surface area contributed by atoms with Crippen LogP contribution in [0.15, 0.2) is 18.3 Å². The predicted octanol–water partition coefficient (Wildman–Crippen LogP) is 0.510. The Morgan fingerprint density at radius 1 is 1.57 bits per heavy atom. The van der Waals surface area contributed by atoms with Crippen LogP contribution in [-0.2, 0) is 0 Å². The Kier molecular flexibility index (Phi) is 3.85. The molecule has 2 unspecified atom stereocenters. The molecule has 1 rings (SSSR count). The molecule has 1 heterocycles. The van der Waals surface area contributed by atoms with E-state index < -0.39 is 6.10 Å². The molecule has 0 fully saturated rings. The Labute approximate surface area is 84.2 Å². The maximum absolute atomic E-state index is 9.16. The highest BCUT2D eigenvalue weighted by Gasteiger charge is 2.08. The van der Waals surface area contributed by atoms with E-state index in [1.165, 1.54) is 0 Å². The van der Waals surface area contributed by atoms with Crippen LogP contribution in [0.2, 0.25) is 0 Å². The molecule has 0 amide bonds. The first-order valence-electron chi connectivity index (χ1n) is 4.70. The minimum atomic E-state index is -0.507. The number of aliphatic hydroxyl groups is 1. The molecule has 0 aliphatic carbocycles. The number of aryl methyl sites for hydroxylation is 1. The molecule has 1 aromatic heterocycles. The van der Waals surface area contributed by atoms with Crippen LogP contribution in [0.25, 0.3) is 0 Å². The highest BCUT2D eigenvalue weighted by atomic mass is 16.3. The van der Waals surface area contributed by atoms with E-state index in [4.69, 9.17) is 10.8 Å². The normalized spacial score (nSPS) is 14.9. The van der Waals surface area contributed by atoms with Crippen LogP contribution in [0.5, 0.6) is 0 Å². The fourth-order valence-corrected chi connectivity index (χ4v) is 0.965. The molecule has 0 aromatic carbocycles.